The van der Waals surface area contributed by atoms with E-state index in [2.05, 4.69) is 20.3 Å². The number of fused-ring (bicyclic) bond motifs is 1. The Morgan fingerprint density at radius 1 is 1.08 bits per heavy atom. The molecule has 1 N–H and O–H groups in total. The van der Waals surface area contributed by atoms with Crippen LogP contribution in [0.1, 0.15) is 11.3 Å². The van der Waals surface area contributed by atoms with Crippen LogP contribution in [0.2, 0.25) is 0 Å². The predicted molar refractivity (Wildman–Crippen MR) is 91.2 cm³/mol. The number of nitrogens with one attached hydrogen (secondary N) is 1. The van der Waals surface area contributed by atoms with E-state index in [0.717, 1.165) is 27.4 Å². The van der Waals surface area contributed by atoms with Crippen LogP contribution in [0.25, 0.3) is 11.0 Å². The molecule has 0 aliphatic heterocycles. The van der Waals surface area contributed by atoms with Crippen molar-refractivity contribution in [2.24, 2.45) is 0 Å². The molecule has 0 saturated heterocycles. The van der Waals surface area contributed by atoms with Gasteiger partial charge in [0, 0.05) is 11.9 Å². The molecule has 2 aromatic carbocycles. The summed E-state index contributed by atoms with van der Waals surface area (Å²) in [5.74, 6) is 0.448. The SMILES string of the molecule is Fc1ccc(Cn2cc(CSc3nc4ccccc4[nH]3)nn2)cc1. The van der Waals surface area contributed by atoms with E-state index >= 15 is 0 Å². The lowest BCUT2D eigenvalue weighted by Gasteiger charge is -2.00. The van der Waals surface area contributed by atoms with E-state index in [9.17, 15) is 4.39 Å². The van der Waals surface area contributed by atoms with Crippen molar-refractivity contribution in [1.29, 1.82) is 0 Å². The molecule has 7 heteroatoms. The lowest BCUT2D eigenvalue weighted by Crippen LogP contribution is -2.00. The smallest absolute Gasteiger partial charge is 0.166 e. The van der Waals surface area contributed by atoms with Gasteiger partial charge in [0.15, 0.2) is 5.16 Å². The number of hydrogen-bond acceptors (Lipinski definition) is 4. The molecule has 24 heavy (non-hydrogen) atoms. The Bertz CT molecular complexity index is 927. The van der Waals surface area contributed by atoms with Crippen LogP contribution >= 0.6 is 11.8 Å². The molecule has 0 fully saturated rings. The van der Waals surface area contributed by atoms with E-state index in [1.54, 1.807) is 28.6 Å². The molecule has 0 bridgehead atoms. The maximum Gasteiger partial charge on any atom is 0.166 e. The van der Waals surface area contributed by atoms with Gasteiger partial charge >= 0.3 is 0 Å². The summed E-state index contributed by atoms with van der Waals surface area (Å²) in [5.41, 5.74) is 3.85. The van der Waals surface area contributed by atoms with Crippen molar-refractivity contribution < 1.29 is 4.39 Å². The maximum atomic E-state index is 12.9. The van der Waals surface area contributed by atoms with E-state index in [-0.39, 0.29) is 5.82 Å². The van der Waals surface area contributed by atoms with Gasteiger partial charge in [-0.3, -0.25) is 0 Å². The molecule has 0 amide bonds. The Morgan fingerprint density at radius 3 is 2.75 bits per heavy atom. The summed E-state index contributed by atoms with van der Waals surface area (Å²) in [4.78, 5) is 7.81. The van der Waals surface area contributed by atoms with Crippen molar-refractivity contribution in [2.45, 2.75) is 17.5 Å². The van der Waals surface area contributed by atoms with E-state index in [1.807, 2.05) is 30.5 Å². The minimum atomic E-state index is -0.236. The van der Waals surface area contributed by atoms with Crippen molar-refractivity contribution in [2.75, 3.05) is 0 Å². The van der Waals surface area contributed by atoms with E-state index in [1.165, 1.54) is 12.1 Å². The highest BCUT2D eigenvalue weighted by Crippen LogP contribution is 2.22. The Hall–Kier alpha value is -2.67. The van der Waals surface area contributed by atoms with Gasteiger partial charge in [0.25, 0.3) is 0 Å². The number of aromatic nitrogens is 5. The van der Waals surface area contributed by atoms with Crippen molar-refractivity contribution in [3.8, 4) is 0 Å². The summed E-state index contributed by atoms with van der Waals surface area (Å²) >= 11 is 1.59. The van der Waals surface area contributed by atoms with E-state index in [0.29, 0.717) is 12.3 Å². The van der Waals surface area contributed by atoms with Gasteiger partial charge in [-0.1, -0.05) is 41.2 Å². The predicted octanol–water partition coefficient (Wildman–Crippen LogP) is 3.63. The minimum Gasteiger partial charge on any atom is -0.333 e. The average molecular weight is 339 g/mol. The standard InChI is InChI=1S/C17H14FN5S/c18-13-7-5-12(6-8-13)9-23-10-14(21-22-23)11-24-17-19-15-3-1-2-4-16(15)20-17/h1-8,10H,9,11H2,(H,19,20). The molecule has 0 unspecified atom stereocenters. The molecular formula is C17H14FN5S. The van der Waals surface area contributed by atoms with Gasteiger partial charge in [0.1, 0.15) is 5.82 Å². The van der Waals surface area contributed by atoms with Crippen LogP contribution in [0, 0.1) is 5.82 Å². The molecule has 4 rings (SSSR count). The average Bonchev–Trinajstić information content (AvgIpc) is 3.21. The van der Waals surface area contributed by atoms with Crippen LogP contribution in [0.5, 0.6) is 0 Å². The Balaban J connectivity index is 1.40. The fourth-order valence-electron chi connectivity index (χ4n) is 2.40. The number of rotatable bonds is 5. The summed E-state index contributed by atoms with van der Waals surface area (Å²) in [7, 11) is 0. The fourth-order valence-corrected chi connectivity index (χ4v) is 3.16. The molecule has 0 aliphatic carbocycles. The van der Waals surface area contributed by atoms with Gasteiger partial charge in [0.2, 0.25) is 0 Å². The van der Waals surface area contributed by atoms with E-state index in [4.69, 9.17) is 0 Å². The minimum absolute atomic E-state index is 0.236. The van der Waals surface area contributed by atoms with Crippen LogP contribution in [0.3, 0.4) is 0 Å². The molecule has 0 radical (unpaired) electrons. The van der Waals surface area contributed by atoms with Gasteiger partial charge in [-0.15, -0.1) is 5.10 Å². The lowest BCUT2D eigenvalue weighted by atomic mass is 10.2. The maximum absolute atomic E-state index is 12.9. The van der Waals surface area contributed by atoms with Crippen molar-refractivity contribution >= 4 is 22.8 Å². The molecule has 0 aliphatic rings. The fraction of sp³-hybridized carbons (Fsp3) is 0.118. The second-order valence-electron chi connectivity index (χ2n) is 5.38. The second-order valence-corrected chi connectivity index (χ2v) is 6.35. The third-order valence-electron chi connectivity index (χ3n) is 3.57. The number of nitrogens with zero attached hydrogens (tertiary/aromatic N) is 4. The molecule has 2 aromatic heterocycles. The van der Waals surface area contributed by atoms with Gasteiger partial charge < -0.3 is 4.98 Å². The normalized spacial score (nSPS) is 11.2. The zero-order valence-corrected chi connectivity index (χ0v) is 13.5. The second kappa shape index (κ2) is 6.45. The number of para-hydroxylation sites is 2. The first-order valence-corrected chi connectivity index (χ1v) is 8.46. The first-order valence-electron chi connectivity index (χ1n) is 7.47. The van der Waals surface area contributed by atoms with Gasteiger partial charge in [-0.2, -0.15) is 0 Å². The van der Waals surface area contributed by atoms with Crippen molar-refractivity contribution in [1.82, 2.24) is 25.0 Å². The van der Waals surface area contributed by atoms with Crippen molar-refractivity contribution in [3.05, 3.63) is 71.8 Å². The highest BCUT2D eigenvalue weighted by Gasteiger charge is 2.06. The Morgan fingerprint density at radius 2 is 1.92 bits per heavy atom. The van der Waals surface area contributed by atoms with Crippen LogP contribution < -0.4 is 0 Å². The van der Waals surface area contributed by atoms with Gasteiger partial charge in [0.05, 0.1) is 23.3 Å². The van der Waals surface area contributed by atoms with Crippen LogP contribution in [0.15, 0.2) is 59.9 Å². The molecule has 0 atom stereocenters. The van der Waals surface area contributed by atoms with Gasteiger partial charge in [-0.05, 0) is 29.8 Å². The lowest BCUT2D eigenvalue weighted by molar-refractivity contribution is 0.621. The molecular weight excluding hydrogens is 325 g/mol. The molecule has 0 saturated carbocycles. The largest absolute Gasteiger partial charge is 0.333 e. The summed E-state index contributed by atoms with van der Waals surface area (Å²) in [6.45, 7) is 0.572. The zero-order valence-electron chi connectivity index (χ0n) is 12.7. The number of thioether (sulfide) groups is 1. The number of aromatic amines is 1. The number of benzene rings is 2. The highest BCUT2D eigenvalue weighted by atomic mass is 32.2. The summed E-state index contributed by atoms with van der Waals surface area (Å²) in [5, 5.41) is 9.16. The first-order chi connectivity index (χ1) is 11.8. The van der Waals surface area contributed by atoms with Gasteiger partial charge in [-0.25, -0.2) is 14.1 Å². The van der Waals surface area contributed by atoms with Crippen LogP contribution in [0.4, 0.5) is 4.39 Å². The topological polar surface area (TPSA) is 59.4 Å². The third kappa shape index (κ3) is 3.30. The molecule has 4 aromatic rings. The van der Waals surface area contributed by atoms with E-state index < -0.39 is 0 Å². The molecule has 5 nitrogen and oxygen atoms in total. The molecule has 120 valence electrons. The van der Waals surface area contributed by atoms with Crippen LogP contribution in [-0.2, 0) is 12.3 Å². The highest BCUT2D eigenvalue weighted by molar-refractivity contribution is 7.98. The Kier molecular flexibility index (Phi) is 4.00. The quantitative estimate of drug-likeness (QED) is 0.564. The number of halogens is 1. The molecule has 2 heterocycles. The third-order valence-corrected chi connectivity index (χ3v) is 4.48. The summed E-state index contributed by atoms with van der Waals surface area (Å²) < 4.78 is 14.7. The Labute approximate surface area is 141 Å². The number of H-pyrrole nitrogens is 1. The number of imidazole rings is 1. The zero-order chi connectivity index (χ0) is 16.4. The van der Waals surface area contributed by atoms with Crippen LogP contribution in [-0.4, -0.2) is 25.0 Å². The summed E-state index contributed by atoms with van der Waals surface area (Å²) in [6, 6.07) is 14.3. The van der Waals surface area contributed by atoms with Crippen molar-refractivity contribution in [3.63, 3.8) is 0 Å². The number of hydrogen-bond donors (Lipinski definition) is 1. The molecule has 0 spiro atoms. The monoisotopic (exact) mass is 339 g/mol. The first kappa shape index (κ1) is 14.9. The summed E-state index contributed by atoms with van der Waals surface area (Å²) in [6.07, 6.45) is 1.90.